The number of hydrogen-bond acceptors (Lipinski definition) is 4. The number of carbonyl (C=O) groups excluding carboxylic acids is 1. The Bertz CT molecular complexity index is 957. The molecule has 0 saturated heterocycles. The van der Waals surface area contributed by atoms with Gasteiger partial charge in [0.25, 0.3) is 0 Å². The molecular formula is C24H28Cl2N2O4. The second-order valence-electron chi connectivity index (χ2n) is 8.58. The maximum atomic E-state index is 12.8. The van der Waals surface area contributed by atoms with Gasteiger partial charge in [0.2, 0.25) is 5.91 Å². The minimum atomic E-state index is -1.31. The van der Waals surface area contributed by atoms with Crippen LogP contribution in [0.1, 0.15) is 45.1 Å². The number of ether oxygens (including phenoxy) is 1. The monoisotopic (exact) mass is 478 g/mol. The molecule has 0 aromatic heterocycles. The van der Waals surface area contributed by atoms with E-state index in [1.165, 1.54) is 13.8 Å². The highest BCUT2D eigenvalue weighted by molar-refractivity contribution is 6.36. The Hall–Kier alpha value is -2.28. The lowest BCUT2D eigenvalue weighted by Gasteiger charge is -2.28. The van der Waals surface area contributed by atoms with Crippen molar-refractivity contribution in [2.45, 2.75) is 57.7 Å². The van der Waals surface area contributed by atoms with Gasteiger partial charge in [0, 0.05) is 17.6 Å². The molecule has 0 atom stereocenters. The number of nitrogens with zero attached hydrogens (tertiary/aromatic N) is 1. The molecule has 2 aromatic rings. The summed E-state index contributed by atoms with van der Waals surface area (Å²) in [5.41, 5.74) is 0.253. The highest BCUT2D eigenvalue weighted by Crippen LogP contribution is 2.28. The van der Waals surface area contributed by atoms with Gasteiger partial charge in [-0.25, -0.2) is 4.79 Å². The Balaban J connectivity index is 1.67. The van der Waals surface area contributed by atoms with Crippen LogP contribution in [0.15, 0.2) is 42.5 Å². The van der Waals surface area contributed by atoms with Crippen LogP contribution >= 0.6 is 23.2 Å². The van der Waals surface area contributed by atoms with Gasteiger partial charge in [-0.2, -0.15) is 0 Å². The third kappa shape index (κ3) is 6.61. The van der Waals surface area contributed by atoms with Crippen LogP contribution < -0.4 is 10.1 Å². The molecule has 0 radical (unpaired) electrons. The van der Waals surface area contributed by atoms with Crippen molar-refractivity contribution < 1.29 is 19.4 Å². The molecule has 0 bridgehead atoms. The number of carbonyl (C=O) groups is 2. The fourth-order valence-corrected chi connectivity index (χ4v) is 4.24. The quantitative estimate of drug-likeness (QED) is 0.488. The number of carboxylic acids is 1. The zero-order valence-electron chi connectivity index (χ0n) is 18.2. The first kappa shape index (κ1) is 24.4. The second-order valence-corrected chi connectivity index (χ2v) is 9.42. The number of anilines is 1. The maximum absolute atomic E-state index is 12.8. The fraction of sp³-hybridized carbons (Fsp3) is 0.417. The van der Waals surface area contributed by atoms with Crippen LogP contribution in [-0.4, -0.2) is 40.1 Å². The molecule has 2 N–H and O–H groups in total. The molecule has 1 amide bonds. The SMILES string of the molecule is CC(C)(Oc1ccc(CN(CC(=O)Nc2ccc(Cl)cc2Cl)C2CCCC2)cc1)C(=O)O. The van der Waals surface area contributed by atoms with Crippen molar-refractivity contribution in [1.29, 1.82) is 0 Å². The van der Waals surface area contributed by atoms with Gasteiger partial charge in [-0.3, -0.25) is 9.69 Å². The van der Waals surface area contributed by atoms with E-state index in [-0.39, 0.29) is 12.5 Å². The van der Waals surface area contributed by atoms with Gasteiger partial charge >= 0.3 is 5.97 Å². The first-order valence-corrected chi connectivity index (χ1v) is 11.4. The van der Waals surface area contributed by atoms with Crippen LogP contribution in [0.5, 0.6) is 5.75 Å². The van der Waals surface area contributed by atoms with Crippen LogP contribution in [0.3, 0.4) is 0 Å². The van der Waals surface area contributed by atoms with Crippen molar-refractivity contribution in [3.05, 3.63) is 58.1 Å². The largest absolute Gasteiger partial charge is 0.478 e. The topological polar surface area (TPSA) is 78.9 Å². The normalized spacial score (nSPS) is 14.5. The average molecular weight is 479 g/mol. The zero-order chi connectivity index (χ0) is 23.3. The van der Waals surface area contributed by atoms with Gasteiger partial charge in [0.15, 0.2) is 5.60 Å². The van der Waals surface area contributed by atoms with Gasteiger partial charge in [-0.15, -0.1) is 0 Å². The van der Waals surface area contributed by atoms with E-state index in [4.69, 9.17) is 27.9 Å². The molecule has 0 spiro atoms. The lowest BCUT2D eigenvalue weighted by molar-refractivity contribution is -0.152. The Labute approximate surface area is 198 Å². The summed E-state index contributed by atoms with van der Waals surface area (Å²) < 4.78 is 5.57. The summed E-state index contributed by atoms with van der Waals surface area (Å²) in [6.45, 7) is 3.87. The van der Waals surface area contributed by atoms with E-state index >= 15 is 0 Å². The molecule has 3 rings (SSSR count). The fourth-order valence-electron chi connectivity index (χ4n) is 3.78. The van der Waals surface area contributed by atoms with Crippen molar-refractivity contribution in [2.75, 3.05) is 11.9 Å². The Morgan fingerprint density at radius 1 is 1.12 bits per heavy atom. The maximum Gasteiger partial charge on any atom is 0.347 e. The number of aliphatic carboxylic acids is 1. The van der Waals surface area contributed by atoms with Crippen LogP contribution in [0.25, 0.3) is 0 Å². The zero-order valence-corrected chi connectivity index (χ0v) is 19.7. The smallest absolute Gasteiger partial charge is 0.347 e. The van der Waals surface area contributed by atoms with E-state index in [1.807, 2.05) is 12.1 Å². The molecule has 1 aliphatic carbocycles. The van der Waals surface area contributed by atoms with Crippen molar-refractivity contribution >= 4 is 40.8 Å². The van der Waals surface area contributed by atoms with Crippen molar-refractivity contribution in [3.63, 3.8) is 0 Å². The van der Waals surface area contributed by atoms with Crippen LogP contribution in [0, 0.1) is 0 Å². The number of amides is 1. The van der Waals surface area contributed by atoms with Gasteiger partial charge < -0.3 is 15.2 Å². The van der Waals surface area contributed by atoms with Gasteiger partial charge in [0.05, 0.1) is 17.3 Å². The highest BCUT2D eigenvalue weighted by Gasteiger charge is 2.29. The lowest BCUT2D eigenvalue weighted by Crippen LogP contribution is -2.39. The van der Waals surface area contributed by atoms with Crippen LogP contribution in [0.4, 0.5) is 5.69 Å². The van der Waals surface area contributed by atoms with Crippen LogP contribution in [0.2, 0.25) is 10.0 Å². The van der Waals surface area contributed by atoms with E-state index in [0.717, 1.165) is 31.2 Å². The Kier molecular flexibility index (Phi) is 8.04. The highest BCUT2D eigenvalue weighted by atomic mass is 35.5. The summed E-state index contributed by atoms with van der Waals surface area (Å²) in [5.74, 6) is -0.672. The first-order chi connectivity index (χ1) is 15.1. The first-order valence-electron chi connectivity index (χ1n) is 10.6. The number of benzene rings is 2. The summed E-state index contributed by atoms with van der Waals surface area (Å²) in [5, 5.41) is 13.0. The van der Waals surface area contributed by atoms with Crippen molar-refractivity contribution in [3.8, 4) is 5.75 Å². The molecule has 1 saturated carbocycles. The number of nitrogens with one attached hydrogen (secondary N) is 1. The van der Waals surface area contributed by atoms with Crippen LogP contribution in [-0.2, 0) is 16.1 Å². The standard InChI is InChI=1S/C24H28Cl2N2O4/c1-24(2,23(30)31)32-19-10-7-16(8-11-19)14-28(18-5-3-4-6-18)15-22(29)27-21-12-9-17(25)13-20(21)26/h7-13,18H,3-6,14-15H2,1-2H3,(H,27,29)(H,30,31). The van der Waals surface area contributed by atoms with E-state index in [1.54, 1.807) is 30.3 Å². The van der Waals surface area contributed by atoms with Gasteiger partial charge in [0.1, 0.15) is 5.75 Å². The number of halogens is 2. The van der Waals surface area contributed by atoms with E-state index < -0.39 is 11.6 Å². The Morgan fingerprint density at radius 3 is 2.38 bits per heavy atom. The molecule has 172 valence electrons. The van der Waals surface area contributed by atoms with Gasteiger partial charge in [-0.1, -0.05) is 48.2 Å². The molecule has 1 fully saturated rings. The molecule has 32 heavy (non-hydrogen) atoms. The number of rotatable bonds is 9. The molecular weight excluding hydrogens is 451 g/mol. The lowest BCUT2D eigenvalue weighted by atomic mass is 10.1. The van der Waals surface area contributed by atoms with Gasteiger partial charge in [-0.05, 0) is 62.6 Å². The second kappa shape index (κ2) is 10.6. The minimum absolute atomic E-state index is 0.135. The molecule has 0 unspecified atom stereocenters. The summed E-state index contributed by atoms with van der Waals surface area (Å²) in [6.07, 6.45) is 4.43. The number of carboxylic acid groups (broad SMARTS) is 1. The van der Waals surface area contributed by atoms with Crippen molar-refractivity contribution in [2.24, 2.45) is 0 Å². The summed E-state index contributed by atoms with van der Waals surface area (Å²) >= 11 is 12.1. The summed E-state index contributed by atoms with van der Waals surface area (Å²) in [7, 11) is 0. The van der Waals surface area contributed by atoms with E-state index in [9.17, 15) is 14.7 Å². The summed E-state index contributed by atoms with van der Waals surface area (Å²) in [4.78, 5) is 26.2. The predicted octanol–water partition coefficient (Wildman–Crippen LogP) is 5.62. The molecule has 8 heteroatoms. The summed E-state index contributed by atoms with van der Waals surface area (Å²) in [6, 6.07) is 12.7. The molecule has 6 nitrogen and oxygen atoms in total. The molecule has 1 aliphatic rings. The molecule has 2 aromatic carbocycles. The Morgan fingerprint density at radius 2 is 1.78 bits per heavy atom. The third-order valence-electron chi connectivity index (χ3n) is 5.59. The third-order valence-corrected chi connectivity index (χ3v) is 6.14. The van der Waals surface area contributed by atoms with Crippen molar-refractivity contribution in [1.82, 2.24) is 4.90 Å². The average Bonchev–Trinajstić information content (AvgIpc) is 3.25. The molecule has 0 heterocycles. The predicted molar refractivity (Wildman–Crippen MR) is 127 cm³/mol. The number of hydrogen-bond donors (Lipinski definition) is 2. The van der Waals surface area contributed by atoms with E-state index in [2.05, 4.69) is 10.2 Å². The minimum Gasteiger partial charge on any atom is -0.478 e. The van der Waals surface area contributed by atoms with E-state index in [0.29, 0.717) is 34.1 Å². The molecule has 0 aliphatic heterocycles.